The van der Waals surface area contributed by atoms with Gasteiger partial charge in [0.2, 0.25) is 0 Å². The molecule has 0 aromatic carbocycles. The maximum Gasteiger partial charge on any atom is 0.0782 e. The van der Waals surface area contributed by atoms with Crippen molar-refractivity contribution in [3.8, 4) is 0 Å². The first kappa shape index (κ1) is 11.6. The van der Waals surface area contributed by atoms with E-state index in [9.17, 15) is 0 Å². The summed E-state index contributed by atoms with van der Waals surface area (Å²) < 4.78 is 7.73. The summed E-state index contributed by atoms with van der Waals surface area (Å²) in [5.41, 5.74) is 7.36. The third kappa shape index (κ3) is 2.44. The van der Waals surface area contributed by atoms with Crippen LogP contribution in [0.2, 0.25) is 0 Å². The van der Waals surface area contributed by atoms with Crippen LogP contribution in [0, 0.1) is 0 Å². The molecule has 0 amide bonds. The predicted molar refractivity (Wildman–Crippen MR) is 63.0 cm³/mol. The van der Waals surface area contributed by atoms with Crippen LogP contribution in [0.4, 0.5) is 0 Å². The van der Waals surface area contributed by atoms with E-state index in [-0.39, 0.29) is 12.1 Å². The molecule has 4 nitrogen and oxygen atoms in total. The molecule has 2 unspecified atom stereocenters. The minimum atomic E-state index is -0.0330. The van der Waals surface area contributed by atoms with Crippen molar-refractivity contribution in [2.75, 3.05) is 6.61 Å². The van der Waals surface area contributed by atoms with Gasteiger partial charge >= 0.3 is 0 Å². The molecule has 2 rings (SSSR count). The van der Waals surface area contributed by atoms with Crippen LogP contribution in [0.25, 0.3) is 0 Å². The molecule has 0 saturated carbocycles. The first-order valence-electron chi connectivity index (χ1n) is 6.22. The van der Waals surface area contributed by atoms with E-state index >= 15 is 0 Å². The predicted octanol–water partition coefficient (Wildman–Crippen LogP) is 1.86. The van der Waals surface area contributed by atoms with Crippen LogP contribution >= 0.6 is 0 Å². The Labute approximate surface area is 96.8 Å². The van der Waals surface area contributed by atoms with Crippen molar-refractivity contribution in [3.63, 3.8) is 0 Å². The molecule has 1 aliphatic rings. The molecule has 1 fully saturated rings. The standard InChI is InChI=1S/C12H21N3O/c1-2-8-15-10(6-7-14-15)12(13)11-5-3-4-9-16-11/h6-7,11-12H,2-5,8-9,13H2,1H3. The average Bonchev–Trinajstić information content (AvgIpc) is 2.78. The third-order valence-electron chi connectivity index (χ3n) is 3.14. The lowest BCUT2D eigenvalue weighted by Gasteiger charge is -2.28. The van der Waals surface area contributed by atoms with Crippen LogP contribution in [0.1, 0.15) is 44.3 Å². The van der Waals surface area contributed by atoms with Gasteiger partial charge in [-0.05, 0) is 31.7 Å². The second-order valence-corrected chi connectivity index (χ2v) is 4.41. The maximum absolute atomic E-state index is 6.26. The highest BCUT2D eigenvalue weighted by molar-refractivity contribution is 5.08. The Morgan fingerprint density at radius 1 is 1.62 bits per heavy atom. The minimum Gasteiger partial charge on any atom is -0.376 e. The molecule has 1 aliphatic heterocycles. The first-order chi connectivity index (χ1) is 7.83. The summed E-state index contributed by atoms with van der Waals surface area (Å²) in [6, 6.07) is 1.98. The molecule has 2 heterocycles. The van der Waals surface area contributed by atoms with Gasteiger partial charge < -0.3 is 10.5 Å². The van der Waals surface area contributed by atoms with Gasteiger partial charge in [-0.2, -0.15) is 5.10 Å². The highest BCUT2D eigenvalue weighted by Gasteiger charge is 2.24. The topological polar surface area (TPSA) is 53.1 Å². The van der Waals surface area contributed by atoms with Crippen molar-refractivity contribution in [2.24, 2.45) is 5.73 Å². The zero-order chi connectivity index (χ0) is 11.4. The van der Waals surface area contributed by atoms with Crippen LogP contribution in [0.5, 0.6) is 0 Å². The fraction of sp³-hybridized carbons (Fsp3) is 0.750. The van der Waals surface area contributed by atoms with Gasteiger partial charge in [-0.1, -0.05) is 6.92 Å². The molecule has 1 saturated heterocycles. The molecule has 0 aliphatic carbocycles. The highest BCUT2D eigenvalue weighted by atomic mass is 16.5. The van der Waals surface area contributed by atoms with E-state index in [0.717, 1.165) is 38.1 Å². The molecule has 0 spiro atoms. The zero-order valence-electron chi connectivity index (χ0n) is 9.93. The fourth-order valence-corrected chi connectivity index (χ4v) is 2.26. The van der Waals surface area contributed by atoms with Crippen molar-refractivity contribution in [2.45, 2.75) is 51.3 Å². The Balaban J connectivity index is 2.06. The second-order valence-electron chi connectivity index (χ2n) is 4.41. The number of ether oxygens (including phenoxy) is 1. The van der Waals surface area contributed by atoms with Crippen molar-refractivity contribution < 1.29 is 4.74 Å². The zero-order valence-corrected chi connectivity index (χ0v) is 9.93. The van der Waals surface area contributed by atoms with Gasteiger partial charge in [0.15, 0.2) is 0 Å². The van der Waals surface area contributed by atoms with Gasteiger partial charge in [0.1, 0.15) is 0 Å². The largest absolute Gasteiger partial charge is 0.376 e. The Morgan fingerprint density at radius 2 is 2.50 bits per heavy atom. The van der Waals surface area contributed by atoms with Crippen LogP contribution in [0.15, 0.2) is 12.3 Å². The molecule has 16 heavy (non-hydrogen) atoms. The molecule has 4 heteroatoms. The molecule has 1 aromatic rings. The summed E-state index contributed by atoms with van der Waals surface area (Å²) in [6.45, 7) is 3.93. The number of hydrogen-bond donors (Lipinski definition) is 1. The van der Waals surface area contributed by atoms with E-state index in [1.807, 2.05) is 16.9 Å². The summed E-state index contributed by atoms with van der Waals surface area (Å²) in [5.74, 6) is 0. The summed E-state index contributed by atoms with van der Waals surface area (Å²) in [6.07, 6.45) is 6.53. The Morgan fingerprint density at radius 3 is 3.19 bits per heavy atom. The molecule has 0 bridgehead atoms. The van der Waals surface area contributed by atoms with Crippen molar-refractivity contribution in [1.29, 1.82) is 0 Å². The van der Waals surface area contributed by atoms with E-state index in [4.69, 9.17) is 10.5 Å². The second kappa shape index (κ2) is 5.46. The lowest BCUT2D eigenvalue weighted by Crippen LogP contribution is -2.33. The summed E-state index contributed by atoms with van der Waals surface area (Å²) in [7, 11) is 0. The van der Waals surface area contributed by atoms with E-state index in [0.29, 0.717) is 0 Å². The lowest BCUT2D eigenvalue weighted by atomic mass is 10.0. The van der Waals surface area contributed by atoms with E-state index in [1.165, 1.54) is 6.42 Å². The summed E-state index contributed by atoms with van der Waals surface area (Å²) in [4.78, 5) is 0. The lowest BCUT2D eigenvalue weighted by molar-refractivity contribution is -0.00162. The number of aryl methyl sites for hydroxylation is 1. The number of aromatic nitrogens is 2. The van der Waals surface area contributed by atoms with Gasteiger partial charge in [0.25, 0.3) is 0 Å². The summed E-state index contributed by atoms with van der Waals surface area (Å²) >= 11 is 0. The maximum atomic E-state index is 6.26. The Kier molecular flexibility index (Phi) is 3.96. The number of nitrogens with two attached hydrogens (primary N) is 1. The molecule has 1 aromatic heterocycles. The van der Waals surface area contributed by atoms with E-state index in [2.05, 4.69) is 12.0 Å². The number of hydrogen-bond acceptors (Lipinski definition) is 3. The molecule has 2 N–H and O–H groups in total. The molecule has 0 radical (unpaired) electrons. The molecule has 90 valence electrons. The number of nitrogens with zero attached hydrogens (tertiary/aromatic N) is 2. The van der Waals surface area contributed by atoms with Gasteiger partial charge in [0, 0.05) is 19.3 Å². The van der Waals surface area contributed by atoms with Crippen LogP contribution in [-0.4, -0.2) is 22.5 Å². The summed E-state index contributed by atoms with van der Waals surface area (Å²) in [5, 5.41) is 4.30. The van der Waals surface area contributed by atoms with E-state index < -0.39 is 0 Å². The minimum absolute atomic E-state index is 0.0330. The molecular weight excluding hydrogens is 202 g/mol. The van der Waals surface area contributed by atoms with E-state index in [1.54, 1.807) is 0 Å². The van der Waals surface area contributed by atoms with Crippen molar-refractivity contribution >= 4 is 0 Å². The number of rotatable bonds is 4. The monoisotopic (exact) mass is 223 g/mol. The molecule has 2 atom stereocenters. The molecular formula is C12H21N3O. The van der Waals surface area contributed by atoms with Crippen molar-refractivity contribution in [3.05, 3.63) is 18.0 Å². The fourth-order valence-electron chi connectivity index (χ4n) is 2.26. The van der Waals surface area contributed by atoms with Crippen molar-refractivity contribution in [1.82, 2.24) is 9.78 Å². The SMILES string of the molecule is CCCn1nccc1C(N)C1CCCCO1. The third-order valence-corrected chi connectivity index (χ3v) is 3.14. The van der Waals surface area contributed by atoms with Gasteiger partial charge in [0.05, 0.1) is 17.8 Å². The van der Waals surface area contributed by atoms with Crippen LogP contribution in [-0.2, 0) is 11.3 Å². The van der Waals surface area contributed by atoms with Crippen LogP contribution in [0.3, 0.4) is 0 Å². The van der Waals surface area contributed by atoms with Gasteiger partial charge in [-0.15, -0.1) is 0 Å². The van der Waals surface area contributed by atoms with Gasteiger partial charge in [-0.3, -0.25) is 4.68 Å². The highest BCUT2D eigenvalue weighted by Crippen LogP contribution is 2.24. The normalized spacial score (nSPS) is 23.2. The smallest absolute Gasteiger partial charge is 0.0782 e. The quantitative estimate of drug-likeness (QED) is 0.847. The Bertz CT molecular complexity index is 318. The van der Waals surface area contributed by atoms with Gasteiger partial charge in [-0.25, -0.2) is 0 Å². The average molecular weight is 223 g/mol. The van der Waals surface area contributed by atoms with Crippen LogP contribution < -0.4 is 5.73 Å². The Hall–Kier alpha value is -0.870. The first-order valence-corrected chi connectivity index (χ1v) is 6.22.